The van der Waals surface area contributed by atoms with Crippen molar-refractivity contribution in [2.45, 2.75) is 57.0 Å². The van der Waals surface area contributed by atoms with Gasteiger partial charge in [0.15, 0.2) is 17.6 Å². The number of thioether (sulfide) groups is 1. The predicted octanol–water partition coefficient (Wildman–Crippen LogP) is 5.12. The number of hydrogen-bond acceptors (Lipinski definition) is 9. The van der Waals surface area contributed by atoms with Gasteiger partial charge in [0.25, 0.3) is 5.91 Å². The number of ether oxygens (including phenoxy) is 2. The molecule has 0 unspecified atom stereocenters. The number of thiophene rings is 1. The van der Waals surface area contributed by atoms with Gasteiger partial charge < -0.3 is 20.1 Å². The SMILES string of the molecule is CCOC(=O)c1c(NC(=O)[C@H](C)Sc2nnc(CNC(=O)COc3ccccc3)n2-c2cccc(C)c2)sc2c1CCC2. The molecule has 0 saturated heterocycles. The minimum atomic E-state index is -0.568. The first-order valence-corrected chi connectivity index (χ1v) is 15.8. The molecule has 0 bridgehead atoms. The first kappa shape index (κ1) is 30.3. The third-order valence-electron chi connectivity index (χ3n) is 6.81. The molecule has 2 amide bonds. The summed E-state index contributed by atoms with van der Waals surface area (Å²) in [6.07, 6.45) is 2.69. The number of rotatable bonds is 12. The van der Waals surface area contributed by atoms with Crippen LogP contribution in [0.25, 0.3) is 5.69 Å². The van der Waals surface area contributed by atoms with Crippen LogP contribution in [0.1, 0.15) is 52.5 Å². The summed E-state index contributed by atoms with van der Waals surface area (Å²) in [6.45, 7) is 5.77. The van der Waals surface area contributed by atoms with Gasteiger partial charge in [-0.05, 0) is 75.4 Å². The van der Waals surface area contributed by atoms with Crippen molar-refractivity contribution in [2.24, 2.45) is 0 Å². The minimum absolute atomic E-state index is 0.114. The van der Waals surface area contributed by atoms with Crippen molar-refractivity contribution in [3.8, 4) is 11.4 Å². The Morgan fingerprint density at radius 1 is 1.09 bits per heavy atom. The summed E-state index contributed by atoms with van der Waals surface area (Å²) >= 11 is 2.69. The summed E-state index contributed by atoms with van der Waals surface area (Å²) in [5.74, 6) is 0.144. The number of fused-ring (bicyclic) bond motifs is 1. The smallest absolute Gasteiger partial charge is 0.341 e. The van der Waals surface area contributed by atoms with Crippen molar-refractivity contribution in [1.82, 2.24) is 20.1 Å². The lowest BCUT2D eigenvalue weighted by atomic mass is 10.1. The molecule has 10 nitrogen and oxygen atoms in total. The van der Waals surface area contributed by atoms with Crippen LogP contribution in [0.5, 0.6) is 5.75 Å². The van der Waals surface area contributed by atoms with Crippen molar-refractivity contribution in [1.29, 1.82) is 0 Å². The number of para-hydroxylation sites is 1. The molecular formula is C31H33N5O5S2. The number of nitrogens with one attached hydrogen (secondary N) is 2. The Balaban J connectivity index is 1.31. The van der Waals surface area contributed by atoms with E-state index in [1.54, 1.807) is 26.0 Å². The first-order valence-electron chi connectivity index (χ1n) is 14.1. The number of hydrogen-bond donors (Lipinski definition) is 2. The molecule has 5 rings (SSSR count). The third-order valence-corrected chi connectivity index (χ3v) is 9.06. The molecule has 2 heterocycles. The van der Waals surface area contributed by atoms with E-state index >= 15 is 0 Å². The standard InChI is InChI=1S/C31H33N5O5S2/c1-4-40-30(39)27-23-14-9-15-24(23)43-29(27)33-28(38)20(3)42-31-35-34-25(36(31)21-11-8-10-19(2)16-21)17-32-26(37)18-41-22-12-6-5-7-13-22/h5-8,10-13,16,20H,4,9,14-15,17-18H2,1-3H3,(H,32,37)(H,33,38)/t20-/m0/s1. The Bertz CT molecular complexity index is 1620. The van der Waals surface area contributed by atoms with Crippen LogP contribution in [0.4, 0.5) is 5.00 Å². The normalized spacial score (nSPS) is 12.8. The Morgan fingerprint density at radius 2 is 1.91 bits per heavy atom. The molecular weight excluding hydrogens is 587 g/mol. The van der Waals surface area contributed by atoms with Gasteiger partial charge in [-0.1, -0.05) is 42.1 Å². The zero-order valence-electron chi connectivity index (χ0n) is 24.2. The Morgan fingerprint density at radius 3 is 2.67 bits per heavy atom. The highest BCUT2D eigenvalue weighted by Crippen LogP contribution is 2.40. The fourth-order valence-electron chi connectivity index (χ4n) is 4.75. The second-order valence-corrected chi connectivity index (χ2v) is 12.4. The number of benzene rings is 2. The van der Waals surface area contributed by atoms with E-state index in [0.717, 1.165) is 41.0 Å². The van der Waals surface area contributed by atoms with E-state index in [9.17, 15) is 14.4 Å². The molecule has 4 aromatic rings. The fraction of sp³-hybridized carbons (Fsp3) is 0.323. The van der Waals surface area contributed by atoms with Gasteiger partial charge in [0.2, 0.25) is 5.91 Å². The maximum atomic E-state index is 13.4. The minimum Gasteiger partial charge on any atom is -0.484 e. The van der Waals surface area contributed by atoms with E-state index in [1.165, 1.54) is 23.1 Å². The van der Waals surface area contributed by atoms with Crippen molar-refractivity contribution in [3.63, 3.8) is 0 Å². The van der Waals surface area contributed by atoms with Gasteiger partial charge >= 0.3 is 5.97 Å². The average molecular weight is 620 g/mol. The van der Waals surface area contributed by atoms with Crippen LogP contribution in [-0.2, 0) is 33.7 Å². The summed E-state index contributed by atoms with van der Waals surface area (Å²) in [5.41, 5.74) is 3.31. The van der Waals surface area contributed by atoms with E-state index in [0.29, 0.717) is 27.3 Å². The Labute approximate surface area is 258 Å². The quantitative estimate of drug-likeness (QED) is 0.166. The lowest BCUT2D eigenvalue weighted by Gasteiger charge is -2.15. The first-order chi connectivity index (χ1) is 20.8. The summed E-state index contributed by atoms with van der Waals surface area (Å²) in [7, 11) is 0. The van der Waals surface area contributed by atoms with Crippen molar-refractivity contribution in [3.05, 3.63) is 82.0 Å². The van der Waals surface area contributed by atoms with Gasteiger partial charge in [0.05, 0.1) is 24.0 Å². The summed E-state index contributed by atoms with van der Waals surface area (Å²) in [4.78, 5) is 39.8. The van der Waals surface area contributed by atoms with E-state index in [1.807, 2.05) is 54.0 Å². The second-order valence-electron chi connectivity index (χ2n) is 9.98. The molecule has 1 aliphatic rings. The average Bonchev–Trinajstić information content (AvgIpc) is 3.70. The number of nitrogens with zero attached hydrogens (tertiary/aromatic N) is 3. The van der Waals surface area contributed by atoms with Gasteiger partial charge in [-0.2, -0.15) is 0 Å². The molecule has 0 saturated carbocycles. The highest BCUT2D eigenvalue weighted by atomic mass is 32.2. The summed E-state index contributed by atoms with van der Waals surface area (Å²) in [5, 5.41) is 15.0. The lowest BCUT2D eigenvalue weighted by Crippen LogP contribution is -2.29. The molecule has 0 aliphatic heterocycles. The maximum absolute atomic E-state index is 13.4. The topological polar surface area (TPSA) is 124 Å². The third kappa shape index (κ3) is 7.26. The molecule has 1 aliphatic carbocycles. The summed E-state index contributed by atoms with van der Waals surface area (Å²) < 4.78 is 12.7. The number of carbonyl (C=O) groups is 3. The van der Waals surface area contributed by atoms with Crippen molar-refractivity contribution < 1.29 is 23.9 Å². The molecule has 12 heteroatoms. The van der Waals surface area contributed by atoms with Crippen molar-refractivity contribution in [2.75, 3.05) is 18.5 Å². The molecule has 2 aromatic carbocycles. The van der Waals surface area contributed by atoms with Gasteiger partial charge in [0.1, 0.15) is 10.8 Å². The molecule has 0 radical (unpaired) electrons. The van der Waals surface area contributed by atoms with Crippen LogP contribution in [0, 0.1) is 6.92 Å². The molecule has 0 spiro atoms. The van der Waals surface area contributed by atoms with Crippen LogP contribution >= 0.6 is 23.1 Å². The van der Waals surface area contributed by atoms with Crippen LogP contribution in [0.3, 0.4) is 0 Å². The molecule has 0 fully saturated rings. The fourth-order valence-corrected chi connectivity index (χ4v) is 6.92. The zero-order chi connectivity index (χ0) is 30.3. The Kier molecular flexibility index (Phi) is 9.78. The number of anilines is 1. The van der Waals surface area contributed by atoms with Gasteiger partial charge in [-0.15, -0.1) is 21.5 Å². The van der Waals surface area contributed by atoms with Crippen LogP contribution in [-0.4, -0.2) is 51.0 Å². The molecule has 1 atom stereocenters. The number of aromatic nitrogens is 3. The molecule has 2 aromatic heterocycles. The van der Waals surface area contributed by atoms with Gasteiger partial charge in [-0.25, -0.2) is 4.79 Å². The van der Waals surface area contributed by atoms with Gasteiger partial charge in [0, 0.05) is 10.6 Å². The lowest BCUT2D eigenvalue weighted by molar-refractivity contribution is -0.123. The van der Waals surface area contributed by atoms with Crippen LogP contribution in [0.15, 0.2) is 59.8 Å². The zero-order valence-corrected chi connectivity index (χ0v) is 25.8. The second kappa shape index (κ2) is 13.9. The number of aryl methyl sites for hydroxylation is 2. The maximum Gasteiger partial charge on any atom is 0.341 e. The molecule has 2 N–H and O–H groups in total. The van der Waals surface area contributed by atoms with Crippen molar-refractivity contribution >= 4 is 45.9 Å². The van der Waals surface area contributed by atoms with E-state index in [4.69, 9.17) is 9.47 Å². The van der Waals surface area contributed by atoms with Crippen LogP contribution < -0.4 is 15.4 Å². The highest BCUT2D eigenvalue weighted by molar-refractivity contribution is 8.00. The Hall–Kier alpha value is -4.16. The van der Waals surface area contributed by atoms with Gasteiger partial charge in [-0.3, -0.25) is 14.2 Å². The highest BCUT2D eigenvalue weighted by Gasteiger charge is 2.30. The van der Waals surface area contributed by atoms with E-state index in [2.05, 4.69) is 20.8 Å². The predicted molar refractivity (Wildman–Crippen MR) is 166 cm³/mol. The number of esters is 1. The number of amides is 2. The van der Waals surface area contributed by atoms with E-state index < -0.39 is 11.2 Å². The van der Waals surface area contributed by atoms with Crippen LogP contribution in [0.2, 0.25) is 0 Å². The monoisotopic (exact) mass is 619 g/mol. The van der Waals surface area contributed by atoms with E-state index in [-0.39, 0.29) is 31.6 Å². The molecule has 224 valence electrons. The summed E-state index contributed by atoms with van der Waals surface area (Å²) in [6, 6.07) is 16.9. The number of carbonyl (C=O) groups excluding carboxylic acids is 3. The molecule has 43 heavy (non-hydrogen) atoms. The largest absolute Gasteiger partial charge is 0.484 e.